The van der Waals surface area contributed by atoms with Crippen molar-refractivity contribution in [2.75, 3.05) is 0 Å². The van der Waals surface area contributed by atoms with Crippen LogP contribution in [0.4, 0.5) is 0 Å². The Labute approximate surface area is 312 Å². The van der Waals surface area contributed by atoms with Gasteiger partial charge in [0.2, 0.25) is 0 Å². The maximum atomic E-state index is 2.35. The Balaban J connectivity index is 0.000000285. The smallest absolute Gasteiger partial charge is 0.0247 e. The van der Waals surface area contributed by atoms with E-state index in [1.165, 1.54) is 77.2 Å². The van der Waals surface area contributed by atoms with Crippen molar-refractivity contribution in [2.45, 2.75) is 86.7 Å². The molecule has 0 fully saturated rings. The standard InChI is InChI=1S/C22H25.C19H19.C2H6Si.2ClH.Zr/c1-15(2)18-13-17-7-6-8-20(21(17)14-18)16-9-11-19(12-10-16)22(3,4)5;1-12-5-6-15(4)17(9-12)19-11-14(3)8-16-7-13(2)10-18(16)19;1-3-2;;;/h6-15H,1-5H3;5-11H,1-4H3;1-2H3;2*1H;/q2*-1;;;;+2/p-2. The molecule has 0 saturated carbocycles. The van der Waals surface area contributed by atoms with Crippen LogP contribution in [0.1, 0.15) is 73.9 Å². The number of hydrogen-bond donors (Lipinski definition) is 0. The normalized spacial score (nSPS) is 10.9. The molecule has 0 bridgehead atoms. The first-order valence-electron chi connectivity index (χ1n) is 16.2. The molecule has 0 N–H and O–H groups in total. The first-order chi connectivity index (χ1) is 21.1. The quantitative estimate of drug-likeness (QED) is 0.136. The zero-order valence-corrected chi connectivity index (χ0v) is 35.0. The van der Waals surface area contributed by atoms with Crippen molar-refractivity contribution in [2.24, 2.45) is 0 Å². The number of rotatable bonds is 3. The van der Waals surface area contributed by atoms with Gasteiger partial charge in [-0.25, -0.2) is 0 Å². The summed E-state index contributed by atoms with van der Waals surface area (Å²) in [6, 6.07) is 36.2. The number of benzene rings is 4. The molecule has 246 valence electrons. The molecule has 0 aliphatic carbocycles. The molecule has 6 aromatic rings. The minimum atomic E-state index is 0. The summed E-state index contributed by atoms with van der Waals surface area (Å²) in [5.41, 5.74) is 13.9. The van der Waals surface area contributed by atoms with Crippen LogP contribution in [-0.4, -0.2) is 5.43 Å². The van der Waals surface area contributed by atoms with E-state index in [2.05, 4.69) is 172 Å². The van der Waals surface area contributed by atoms with Crippen LogP contribution in [0.3, 0.4) is 0 Å². The van der Waals surface area contributed by atoms with Crippen molar-refractivity contribution >= 4 is 27.0 Å². The fourth-order valence-corrected chi connectivity index (χ4v) is 5.86. The summed E-state index contributed by atoms with van der Waals surface area (Å²) in [7, 11) is 0. The van der Waals surface area contributed by atoms with Crippen molar-refractivity contribution in [3.8, 4) is 22.3 Å². The molecule has 6 aromatic carbocycles. The van der Waals surface area contributed by atoms with E-state index < -0.39 is 0 Å². The largest absolute Gasteiger partial charge is 1.00 e. The molecule has 47 heavy (non-hydrogen) atoms. The predicted octanol–water partition coefficient (Wildman–Crippen LogP) is 6.90. The van der Waals surface area contributed by atoms with Crippen LogP contribution in [0, 0.1) is 27.7 Å². The van der Waals surface area contributed by atoms with Gasteiger partial charge in [0.05, 0.1) is 0 Å². The van der Waals surface area contributed by atoms with Gasteiger partial charge in [0.25, 0.3) is 0 Å². The van der Waals surface area contributed by atoms with Gasteiger partial charge in [-0.2, -0.15) is 12.1 Å². The van der Waals surface area contributed by atoms with Crippen LogP contribution in [0.2, 0.25) is 13.1 Å². The van der Waals surface area contributed by atoms with E-state index in [-0.39, 0.29) is 35.7 Å². The number of aryl methyl sites for hydroxylation is 4. The minimum absolute atomic E-state index is 0. The van der Waals surface area contributed by atoms with E-state index in [1.807, 2.05) is 0 Å². The predicted molar refractivity (Wildman–Crippen MR) is 199 cm³/mol. The summed E-state index contributed by atoms with van der Waals surface area (Å²) < 4.78 is 0. The SMILES string of the molecule is CC(C)c1cc2c(-c3ccc(C(C)(C)C)cc3)cccc2[cH-]1.C[Si](C)=[Zr+2].Cc1ccc(C)c(-c2cc(C)cc3[cH-]c(C)cc23)c1.[Cl-].[Cl-]. The minimum Gasteiger partial charge on any atom is -1.00 e. The van der Waals surface area contributed by atoms with Crippen LogP contribution in [0.5, 0.6) is 0 Å². The Hall–Kier alpha value is -2.22. The zero-order chi connectivity index (χ0) is 33.1. The first kappa shape index (κ1) is 41.0. The molecular weight excluding hydrogens is 707 g/mol. The summed E-state index contributed by atoms with van der Waals surface area (Å²) >= 11 is 1.74. The second kappa shape index (κ2) is 17.4. The van der Waals surface area contributed by atoms with E-state index in [0.717, 1.165) is 0 Å². The third kappa shape index (κ3) is 10.6. The van der Waals surface area contributed by atoms with Gasteiger partial charge in [-0.3, -0.25) is 0 Å². The van der Waals surface area contributed by atoms with E-state index in [1.54, 1.807) is 23.3 Å². The average molecular weight is 757 g/mol. The van der Waals surface area contributed by atoms with Gasteiger partial charge in [-0.15, -0.1) is 63.0 Å². The molecule has 0 aromatic heterocycles. The Morgan fingerprint density at radius 1 is 0.638 bits per heavy atom. The molecule has 0 spiro atoms. The van der Waals surface area contributed by atoms with E-state index >= 15 is 0 Å². The maximum absolute atomic E-state index is 2.35. The fraction of sp³-hybridized carbons (Fsp3) is 0.302. The second-order valence-electron chi connectivity index (χ2n) is 14.2. The van der Waals surface area contributed by atoms with Crippen molar-refractivity contribution in [1.82, 2.24) is 0 Å². The molecule has 0 amide bonds. The van der Waals surface area contributed by atoms with Crippen LogP contribution in [0.15, 0.2) is 97.1 Å². The zero-order valence-electron chi connectivity index (χ0n) is 30.1. The molecule has 0 aliphatic heterocycles. The molecule has 0 atom stereocenters. The summed E-state index contributed by atoms with van der Waals surface area (Å²) in [5.74, 6) is 0.573. The van der Waals surface area contributed by atoms with Crippen LogP contribution >= 0.6 is 0 Å². The molecule has 4 heteroatoms. The summed E-state index contributed by atoms with van der Waals surface area (Å²) in [6.45, 7) is 24.6. The average Bonchev–Trinajstić information content (AvgIpc) is 3.57. The second-order valence-corrected chi connectivity index (χ2v) is 23.6. The van der Waals surface area contributed by atoms with Crippen LogP contribution in [-0.2, 0) is 28.8 Å². The summed E-state index contributed by atoms with van der Waals surface area (Å²) in [6.07, 6.45) is 0. The number of halogens is 2. The Morgan fingerprint density at radius 3 is 1.83 bits per heavy atom. The third-order valence-corrected chi connectivity index (χ3v) is 8.30. The van der Waals surface area contributed by atoms with Gasteiger partial charge in [0.1, 0.15) is 0 Å². The van der Waals surface area contributed by atoms with Gasteiger partial charge >= 0.3 is 41.9 Å². The van der Waals surface area contributed by atoms with Gasteiger partial charge in [-0.1, -0.05) is 118 Å². The topological polar surface area (TPSA) is 0 Å². The molecule has 6 rings (SSSR count). The maximum Gasteiger partial charge on any atom is -0.0247 e. The number of fused-ring (bicyclic) bond motifs is 2. The monoisotopic (exact) mass is 754 g/mol. The Bertz CT molecular complexity index is 1930. The van der Waals surface area contributed by atoms with Gasteiger partial charge < -0.3 is 24.8 Å². The molecule has 0 heterocycles. The molecule has 0 saturated heterocycles. The van der Waals surface area contributed by atoms with E-state index in [4.69, 9.17) is 0 Å². The van der Waals surface area contributed by atoms with E-state index in [0.29, 0.717) is 5.92 Å². The van der Waals surface area contributed by atoms with E-state index in [9.17, 15) is 0 Å². The van der Waals surface area contributed by atoms with Gasteiger partial charge in [0.15, 0.2) is 0 Å². The van der Waals surface area contributed by atoms with Crippen molar-refractivity contribution in [3.05, 3.63) is 130 Å². The Kier molecular flexibility index (Phi) is 15.2. The van der Waals surface area contributed by atoms with Crippen molar-refractivity contribution < 1.29 is 48.1 Å². The summed E-state index contributed by atoms with van der Waals surface area (Å²) in [4.78, 5) is 0. The molecule has 0 radical (unpaired) electrons. The third-order valence-electron chi connectivity index (χ3n) is 8.30. The van der Waals surface area contributed by atoms with Gasteiger partial charge in [0, 0.05) is 0 Å². The Morgan fingerprint density at radius 2 is 1.23 bits per heavy atom. The molecular formula is C43H50Cl2SiZr-2. The van der Waals surface area contributed by atoms with Crippen molar-refractivity contribution in [1.29, 1.82) is 0 Å². The fourth-order valence-electron chi connectivity index (χ4n) is 5.86. The number of hydrogen-bond acceptors (Lipinski definition) is 0. The van der Waals surface area contributed by atoms with Crippen LogP contribution in [0.25, 0.3) is 43.8 Å². The molecule has 0 unspecified atom stereocenters. The summed E-state index contributed by atoms with van der Waals surface area (Å²) in [5, 5.41) is 5.45. The molecule has 0 aliphatic rings. The van der Waals surface area contributed by atoms with Crippen LogP contribution < -0.4 is 24.8 Å². The van der Waals surface area contributed by atoms with Gasteiger partial charge in [-0.05, 0) is 54.4 Å². The first-order valence-corrected chi connectivity index (χ1v) is 22.4. The van der Waals surface area contributed by atoms with Crippen molar-refractivity contribution in [3.63, 3.8) is 0 Å². The molecule has 0 nitrogen and oxygen atoms in total.